The van der Waals surface area contributed by atoms with Gasteiger partial charge >= 0.3 is 0 Å². The summed E-state index contributed by atoms with van der Waals surface area (Å²) in [6.07, 6.45) is 2.24. The van der Waals surface area contributed by atoms with Gasteiger partial charge in [0.25, 0.3) is 0 Å². The number of nitrogens with zero attached hydrogens (tertiary/aromatic N) is 1. The van der Waals surface area contributed by atoms with Crippen LogP contribution in [-0.4, -0.2) is 6.04 Å². The van der Waals surface area contributed by atoms with Crippen molar-refractivity contribution in [2.45, 2.75) is 32.5 Å². The molecule has 144 valence electrons. The van der Waals surface area contributed by atoms with Gasteiger partial charge in [-0.1, -0.05) is 35.9 Å². The van der Waals surface area contributed by atoms with E-state index in [9.17, 15) is 9.18 Å². The Morgan fingerprint density at radius 1 is 1.25 bits per heavy atom. The molecule has 0 saturated carbocycles. The van der Waals surface area contributed by atoms with Gasteiger partial charge in [0, 0.05) is 23.4 Å². The van der Waals surface area contributed by atoms with Crippen LogP contribution in [0.2, 0.25) is 5.02 Å². The van der Waals surface area contributed by atoms with Gasteiger partial charge in [-0.25, -0.2) is 4.39 Å². The number of benzene rings is 2. The minimum Gasteiger partial charge on any atom is -0.482 e. The second-order valence-corrected chi connectivity index (χ2v) is 7.28. The molecular formula is C22H19ClFNO3. The molecule has 0 unspecified atom stereocenters. The standard InChI is InChI=1S/C22H19ClFNO3/c1-14-9-15-5-2-3-8-20(15)25(14)11-16-10-21(26)22(13-27-16)28-12-17-18(23)6-4-7-19(17)24/h2-8,10,13-14H,9,11-12H2,1H3/t14-/m0/s1. The fourth-order valence-electron chi connectivity index (χ4n) is 3.49. The van der Waals surface area contributed by atoms with Crippen LogP contribution in [0.5, 0.6) is 5.75 Å². The Kier molecular flexibility index (Phi) is 5.09. The number of ether oxygens (including phenoxy) is 1. The molecule has 2 aromatic carbocycles. The summed E-state index contributed by atoms with van der Waals surface area (Å²) >= 11 is 5.98. The van der Waals surface area contributed by atoms with Crippen LogP contribution in [0, 0.1) is 5.82 Å². The van der Waals surface area contributed by atoms with Crippen LogP contribution >= 0.6 is 11.6 Å². The highest BCUT2D eigenvalue weighted by atomic mass is 35.5. The van der Waals surface area contributed by atoms with E-state index < -0.39 is 5.82 Å². The smallest absolute Gasteiger partial charge is 0.227 e. The first-order valence-corrected chi connectivity index (χ1v) is 9.42. The van der Waals surface area contributed by atoms with Crippen molar-refractivity contribution in [2.75, 3.05) is 4.90 Å². The molecule has 0 saturated heterocycles. The average Bonchev–Trinajstić information content (AvgIpc) is 2.98. The lowest BCUT2D eigenvalue weighted by Gasteiger charge is -2.24. The van der Waals surface area contributed by atoms with Crippen molar-refractivity contribution in [2.24, 2.45) is 0 Å². The molecule has 0 N–H and O–H groups in total. The minimum absolute atomic E-state index is 0.0259. The molecule has 4 rings (SSSR count). The zero-order valence-corrected chi connectivity index (χ0v) is 16.1. The lowest BCUT2D eigenvalue weighted by Crippen LogP contribution is -2.29. The van der Waals surface area contributed by atoms with Crippen molar-refractivity contribution in [1.29, 1.82) is 0 Å². The molecule has 0 fully saturated rings. The molecule has 0 spiro atoms. The molecular weight excluding hydrogens is 381 g/mol. The summed E-state index contributed by atoms with van der Waals surface area (Å²) in [5, 5.41) is 0.252. The van der Waals surface area contributed by atoms with E-state index in [0.29, 0.717) is 18.3 Å². The third-order valence-corrected chi connectivity index (χ3v) is 5.31. The summed E-state index contributed by atoms with van der Waals surface area (Å²) in [6.45, 7) is 2.49. The van der Waals surface area contributed by atoms with Gasteiger partial charge in [0.1, 0.15) is 24.4 Å². The Balaban J connectivity index is 1.49. The summed E-state index contributed by atoms with van der Waals surface area (Å²) in [5.41, 5.74) is 2.34. The van der Waals surface area contributed by atoms with Gasteiger partial charge in [-0.15, -0.1) is 0 Å². The minimum atomic E-state index is -0.477. The third kappa shape index (κ3) is 3.62. The van der Waals surface area contributed by atoms with Crippen molar-refractivity contribution >= 4 is 17.3 Å². The monoisotopic (exact) mass is 399 g/mol. The molecule has 1 aliphatic rings. The van der Waals surface area contributed by atoms with Crippen LogP contribution in [0.25, 0.3) is 0 Å². The molecule has 2 heterocycles. The molecule has 0 amide bonds. The van der Waals surface area contributed by atoms with Gasteiger partial charge in [0.05, 0.1) is 11.6 Å². The Bertz CT molecular complexity index is 1050. The van der Waals surface area contributed by atoms with Crippen LogP contribution in [-0.2, 0) is 19.6 Å². The molecule has 1 aromatic heterocycles. The summed E-state index contributed by atoms with van der Waals surface area (Å²) in [7, 11) is 0. The summed E-state index contributed by atoms with van der Waals surface area (Å²) in [4.78, 5) is 14.6. The fraction of sp³-hybridized carbons (Fsp3) is 0.227. The number of para-hydroxylation sites is 1. The zero-order valence-electron chi connectivity index (χ0n) is 15.3. The van der Waals surface area contributed by atoms with Crippen molar-refractivity contribution in [3.63, 3.8) is 0 Å². The normalized spacial score (nSPS) is 15.5. The van der Waals surface area contributed by atoms with Crippen LogP contribution in [0.15, 0.2) is 64.0 Å². The Hall–Kier alpha value is -2.79. The van der Waals surface area contributed by atoms with Crippen LogP contribution in [0.1, 0.15) is 23.8 Å². The largest absolute Gasteiger partial charge is 0.482 e. The van der Waals surface area contributed by atoms with E-state index in [0.717, 1.165) is 12.1 Å². The van der Waals surface area contributed by atoms with Gasteiger partial charge in [-0.05, 0) is 37.1 Å². The van der Waals surface area contributed by atoms with E-state index in [2.05, 4.69) is 24.0 Å². The Morgan fingerprint density at radius 3 is 2.86 bits per heavy atom. The number of rotatable bonds is 5. The first-order valence-electron chi connectivity index (χ1n) is 9.05. The highest BCUT2D eigenvalue weighted by Crippen LogP contribution is 2.33. The number of hydrogen-bond acceptors (Lipinski definition) is 4. The number of anilines is 1. The maximum atomic E-state index is 13.8. The molecule has 0 aliphatic carbocycles. The van der Waals surface area contributed by atoms with Crippen LogP contribution < -0.4 is 15.1 Å². The van der Waals surface area contributed by atoms with E-state index in [-0.39, 0.29) is 28.4 Å². The first kappa shape index (κ1) is 18.6. The van der Waals surface area contributed by atoms with Crippen molar-refractivity contribution in [1.82, 2.24) is 0 Å². The second-order valence-electron chi connectivity index (χ2n) is 6.87. The van der Waals surface area contributed by atoms with Crippen molar-refractivity contribution in [3.05, 3.63) is 92.7 Å². The topological polar surface area (TPSA) is 42.7 Å². The Labute approximate surface area is 167 Å². The van der Waals surface area contributed by atoms with Crippen molar-refractivity contribution in [3.8, 4) is 5.75 Å². The lowest BCUT2D eigenvalue weighted by atomic mass is 10.1. The van der Waals surface area contributed by atoms with E-state index in [4.69, 9.17) is 20.8 Å². The van der Waals surface area contributed by atoms with Crippen LogP contribution in [0.3, 0.4) is 0 Å². The SMILES string of the molecule is C[C@H]1Cc2ccccc2N1Cc1cc(=O)c(OCc2c(F)cccc2Cl)co1. The molecule has 3 aromatic rings. The second kappa shape index (κ2) is 7.68. The van der Waals surface area contributed by atoms with Gasteiger partial charge in [0.15, 0.2) is 0 Å². The summed E-state index contributed by atoms with van der Waals surface area (Å²) in [5.74, 6) is 0.0953. The van der Waals surface area contributed by atoms with Crippen LogP contribution in [0.4, 0.5) is 10.1 Å². The molecule has 0 bridgehead atoms. The van der Waals surface area contributed by atoms with E-state index in [1.165, 1.54) is 30.0 Å². The Morgan fingerprint density at radius 2 is 2.07 bits per heavy atom. The fourth-order valence-corrected chi connectivity index (χ4v) is 3.70. The average molecular weight is 400 g/mol. The van der Waals surface area contributed by atoms with E-state index >= 15 is 0 Å². The lowest BCUT2D eigenvalue weighted by molar-refractivity contribution is 0.284. The van der Waals surface area contributed by atoms with E-state index in [1.54, 1.807) is 6.07 Å². The molecule has 1 aliphatic heterocycles. The number of fused-ring (bicyclic) bond motifs is 1. The van der Waals surface area contributed by atoms with Crippen molar-refractivity contribution < 1.29 is 13.5 Å². The first-order chi connectivity index (χ1) is 13.5. The van der Waals surface area contributed by atoms with E-state index in [1.807, 2.05) is 12.1 Å². The van der Waals surface area contributed by atoms with Gasteiger partial charge in [-0.2, -0.15) is 0 Å². The summed E-state index contributed by atoms with van der Waals surface area (Å²) < 4.78 is 24.9. The molecule has 1 atom stereocenters. The molecule has 6 heteroatoms. The van der Waals surface area contributed by atoms with Gasteiger partial charge in [-0.3, -0.25) is 4.79 Å². The summed E-state index contributed by atoms with van der Waals surface area (Å²) in [6, 6.07) is 14.4. The maximum Gasteiger partial charge on any atom is 0.227 e. The highest BCUT2D eigenvalue weighted by molar-refractivity contribution is 6.31. The molecule has 4 nitrogen and oxygen atoms in total. The predicted octanol–water partition coefficient (Wildman–Crippen LogP) is 4.96. The molecule has 0 radical (unpaired) electrons. The highest BCUT2D eigenvalue weighted by Gasteiger charge is 2.26. The third-order valence-electron chi connectivity index (χ3n) is 4.96. The number of halogens is 2. The molecule has 28 heavy (non-hydrogen) atoms. The maximum absolute atomic E-state index is 13.8. The number of hydrogen-bond donors (Lipinski definition) is 0. The predicted molar refractivity (Wildman–Crippen MR) is 107 cm³/mol. The van der Waals surface area contributed by atoms with Gasteiger partial charge < -0.3 is 14.1 Å². The quantitative estimate of drug-likeness (QED) is 0.608. The zero-order chi connectivity index (χ0) is 19.7. The van der Waals surface area contributed by atoms with Gasteiger partial charge in [0.2, 0.25) is 11.2 Å².